The Kier molecular flexibility index (Phi) is 6.83. The van der Waals surface area contributed by atoms with E-state index in [1.165, 1.54) is 15.9 Å². The molecule has 4 aromatic heterocycles. The third-order valence-electron chi connectivity index (χ3n) is 6.75. The molecule has 1 atom stereocenters. The first-order valence-corrected chi connectivity index (χ1v) is 13.7. The van der Waals surface area contributed by atoms with Crippen molar-refractivity contribution < 1.29 is 4.79 Å². The van der Waals surface area contributed by atoms with Crippen LogP contribution in [0.1, 0.15) is 39.5 Å². The van der Waals surface area contributed by atoms with E-state index in [0.717, 1.165) is 15.7 Å². The lowest BCUT2D eigenvalue weighted by Gasteiger charge is -2.25. The number of aromatic nitrogens is 5. The van der Waals surface area contributed by atoms with E-state index in [4.69, 9.17) is 5.73 Å². The van der Waals surface area contributed by atoms with Gasteiger partial charge < -0.3 is 11.1 Å². The number of nitrogen functional groups attached to an aromatic ring is 1. The Morgan fingerprint density at radius 1 is 1.12 bits per heavy atom. The molecule has 3 N–H and O–H groups in total. The van der Waals surface area contributed by atoms with Crippen LogP contribution in [0.2, 0.25) is 6.82 Å². The van der Waals surface area contributed by atoms with E-state index >= 15 is 0 Å². The molecule has 0 saturated carbocycles. The smallest absolute Gasteiger partial charge is 0.264 e. The van der Waals surface area contributed by atoms with Gasteiger partial charge in [0.05, 0.1) is 28.0 Å². The second-order valence-corrected chi connectivity index (χ2v) is 10.1. The maximum Gasteiger partial charge on any atom is 0.264 e. The number of nitrogens with two attached hydrogens (primary N) is 1. The molecule has 0 aliphatic heterocycles. The quantitative estimate of drug-likeness (QED) is 0.248. The molecular weight excluding hydrogens is 533 g/mol. The normalized spacial score (nSPS) is 11.7. The number of carbonyl (C=O) groups excluding carboxylic acids is 1. The zero-order chi connectivity index (χ0) is 28.5. The molecule has 1 radical (unpaired) electrons. The van der Waals surface area contributed by atoms with Gasteiger partial charge in [-0.15, -0.1) is 16.4 Å². The van der Waals surface area contributed by atoms with Crippen molar-refractivity contribution in [3.8, 4) is 17.5 Å². The van der Waals surface area contributed by atoms with Gasteiger partial charge in [-0.1, -0.05) is 48.5 Å². The minimum Gasteiger partial charge on any atom is -0.381 e. The highest BCUT2D eigenvalue weighted by Gasteiger charge is 2.26. The Labute approximate surface area is 239 Å². The topological polar surface area (TPSA) is 120 Å². The number of anilines is 1. The van der Waals surface area contributed by atoms with Crippen LogP contribution in [0.5, 0.6) is 0 Å². The van der Waals surface area contributed by atoms with Crippen molar-refractivity contribution >= 4 is 52.2 Å². The first kappa shape index (κ1) is 26.0. The Hall–Kier alpha value is -5.21. The first-order valence-electron chi connectivity index (χ1n) is 12.8. The fraction of sp³-hybridized carbons (Fsp3) is 0.100. The van der Waals surface area contributed by atoms with Crippen molar-refractivity contribution in [1.29, 1.82) is 0 Å². The number of thiazole rings is 1. The summed E-state index contributed by atoms with van der Waals surface area (Å²) >= 11 is 1.44. The fourth-order valence-electron chi connectivity index (χ4n) is 5.02. The van der Waals surface area contributed by atoms with Gasteiger partial charge in [0.15, 0.2) is 18.7 Å². The van der Waals surface area contributed by atoms with Crippen LogP contribution in [-0.4, -0.2) is 37.3 Å². The number of hydrogen-bond donors (Lipinski definition) is 2. The number of fused-ring (bicyclic) bond motifs is 2. The molecule has 0 aliphatic rings. The SMILES string of the molecule is C[B]c1c(C(C)NC(=O)c2c(N)nn3cccnc23)n(-c2ccccc2)c(=O)c2c(C#Cc3cncs3)cccc12. The summed E-state index contributed by atoms with van der Waals surface area (Å²) in [6.45, 7) is 3.75. The minimum atomic E-state index is -0.601. The van der Waals surface area contributed by atoms with Crippen molar-refractivity contribution in [2.45, 2.75) is 19.8 Å². The third kappa shape index (κ3) is 4.64. The number of para-hydroxylation sites is 1. The first-order chi connectivity index (χ1) is 20.0. The summed E-state index contributed by atoms with van der Waals surface area (Å²) in [5.41, 5.74) is 10.8. The van der Waals surface area contributed by atoms with Gasteiger partial charge >= 0.3 is 0 Å². The summed E-state index contributed by atoms with van der Waals surface area (Å²) in [5, 5.41) is 8.49. The van der Waals surface area contributed by atoms with Gasteiger partial charge in [0.2, 0.25) is 0 Å². The number of carbonyl (C=O) groups is 1. The van der Waals surface area contributed by atoms with Crippen molar-refractivity contribution in [2.75, 3.05) is 5.73 Å². The molecule has 0 fully saturated rings. The van der Waals surface area contributed by atoms with Gasteiger partial charge in [0.25, 0.3) is 11.5 Å². The summed E-state index contributed by atoms with van der Waals surface area (Å²) < 4.78 is 3.11. The zero-order valence-electron chi connectivity index (χ0n) is 22.2. The van der Waals surface area contributed by atoms with E-state index in [1.54, 1.807) is 34.7 Å². The van der Waals surface area contributed by atoms with Gasteiger partial charge in [-0.25, -0.2) is 9.50 Å². The van der Waals surface area contributed by atoms with Crippen molar-refractivity contribution in [2.24, 2.45) is 0 Å². The molecule has 9 nitrogen and oxygen atoms in total. The average Bonchev–Trinajstić information content (AvgIpc) is 3.63. The lowest BCUT2D eigenvalue weighted by atomic mass is 9.68. The molecule has 0 spiro atoms. The maximum absolute atomic E-state index is 14.4. The lowest BCUT2D eigenvalue weighted by Crippen LogP contribution is -2.39. The van der Waals surface area contributed by atoms with E-state index in [2.05, 4.69) is 32.2 Å². The molecule has 6 aromatic rings. The highest BCUT2D eigenvalue weighted by atomic mass is 32.1. The van der Waals surface area contributed by atoms with E-state index in [0.29, 0.717) is 28.0 Å². The van der Waals surface area contributed by atoms with E-state index in [9.17, 15) is 9.59 Å². The number of amides is 1. The Balaban J connectivity index is 1.55. The zero-order valence-corrected chi connectivity index (χ0v) is 23.0. The van der Waals surface area contributed by atoms with Crippen LogP contribution in [0.4, 0.5) is 5.82 Å². The van der Waals surface area contributed by atoms with Gasteiger partial charge in [0.1, 0.15) is 5.56 Å². The number of pyridine rings is 1. The monoisotopic (exact) mass is 556 g/mol. The van der Waals surface area contributed by atoms with E-state index in [1.807, 2.05) is 69.6 Å². The predicted molar refractivity (Wildman–Crippen MR) is 162 cm³/mol. The fourth-order valence-corrected chi connectivity index (χ4v) is 5.49. The van der Waals surface area contributed by atoms with Crippen molar-refractivity contribution in [3.63, 3.8) is 0 Å². The summed E-state index contributed by atoms with van der Waals surface area (Å²) in [5.74, 6) is 5.92. The molecule has 1 unspecified atom stereocenters. The largest absolute Gasteiger partial charge is 0.381 e. The van der Waals surface area contributed by atoms with Gasteiger partial charge in [0, 0.05) is 29.3 Å². The van der Waals surface area contributed by atoms with E-state index < -0.39 is 11.9 Å². The van der Waals surface area contributed by atoms with Crippen LogP contribution in [0.15, 0.2) is 83.5 Å². The molecule has 199 valence electrons. The Morgan fingerprint density at radius 3 is 2.71 bits per heavy atom. The highest BCUT2D eigenvalue weighted by Crippen LogP contribution is 2.23. The van der Waals surface area contributed by atoms with Crippen LogP contribution in [-0.2, 0) is 0 Å². The third-order valence-corrected chi connectivity index (χ3v) is 7.44. The summed E-state index contributed by atoms with van der Waals surface area (Å²) in [6, 6.07) is 16.1. The van der Waals surface area contributed by atoms with Crippen molar-refractivity contribution in [1.82, 2.24) is 29.5 Å². The maximum atomic E-state index is 14.4. The van der Waals surface area contributed by atoms with Crippen LogP contribution >= 0.6 is 11.3 Å². The van der Waals surface area contributed by atoms with Gasteiger partial charge in [-0.05, 0) is 42.5 Å². The van der Waals surface area contributed by atoms with Crippen LogP contribution in [0.25, 0.3) is 22.1 Å². The van der Waals surface area contributed by atoms with E-state index in [-0.39, 0.29) is 16.9 Å². The molecule has 6 rings (SSSR count). The average molecular weight is 556 g/mol. The minimum absolute atomic E-state index is 0.0683. The number of benzene rings is 2. The standard InChI is InChI=1S/C30H23BN7O2S/c1-18(35-29(39)24-27(32)36-37-15-7-14-34-28(24)37)26-25(31-2)22-11-6-8-19(12-13-21-16-33-17-41-21)23(22)30(40)38(26)20-9-4-3-5-10-20/h3-11,14-18H,1-2H3,(H2,32,36)(H,35,39). The number of nitrogens with zero attached hydrogens (tertiary/aromatic N) is 5. The number of hydrogen-bond acceptors (Lipinski definition) is 7. The van der Waals surface area contributed by atoms with Crippen molar-refractivity contribution in [3.05, 3.63) is 111 Å². The summed E-state index contributed by atoms with van der Waals surface area (Å²) in [6.07, 6.45) is 4.95. The Morgan fingerprint density at radius 2 is 1.95 bits per heavy atom. The highest BCUT2D eigenvalue weighted by molar-refractivity contribution is 7.10. The molecule has 4 heterocycles. The van der Waals surface area contributed by atoms with Crippen LogP contribution in [0.3, 0.4) is 0 Å². The number of nitrogens with one attached hydrogen (secondary N) is 1. The molecule has 2 aromatic carbocycles. The van der Waals surface area contributed by atoms with Gasteiger partial charge in [-0.3, -0.25) is 19.1 Å². The lowest BCUT2D eigenvalue weighted by molar-refractivity contribution is 0.0941. The van der Waals surface area contributed by atoms with Crippen LogP contribution < -0.4 is 22.1 Å². The molecule has 1 amide bonds. The number of rotatable bonds is 5. The summed E-state index contributed by atoms with van der Waals surface area (Å²) in [7, 11) is 1.95. The summed E-state index contributed by atoms with van der Waals surface area (Å²) in [4.78, 5) is 37.1. The molecule has 11 heteroatoms. The molecular formula is C30H23BN7O2S. The van der Waals surface area contributed by atoms with Crippen LogP contribution in [0, 0.1) is 11.8 Å². The Bertz CT molecular complexity index is 2040. The molecule has 41 heavy (non-hydrogen) atoms. The second kappa shape index (κ2) is 10.8. The predicted octanol–water partition coefficient (Wildman–Crippen LogP) is 3.34. The van der Waals surface area contributed by atoms with Gasteiger partial charge in [-0.2, -0.15) is 0 Å². The molecule has 0 aliphatic carbocycles. The molecule has 0 bridgehead atoms. The molecule has 0 saturated heterocycles. The second-order valence-electron chi connectivity index (χ2n) is 9.25.